The predicted octanol–water partition coefficient (Wildman–Crippen LogP) is 7.74. The van der Waals surface area contributed by atoms with Crippen molar-refractivity contribution < 1.29 is 56.4 Å². The van der Waals surface area contributed by atoms with E-state index in [1.165, 1.54) is 24.3 Å². The second-order valence-electron chi connectivity index (χ2n) is 11.2. The monoisotopic (exact) mass is 694 g/mol. The van der Waals surface area contributed by atoms with Crippen LogP contribution in [0.5, 0.6) is 23.0 Å². The minimum Gasteiger partial charge on any atom is -0.494 e. The molecule has 0 aromatic heterocycles. The summed E-state index contributed by atoms with van der Waals surface area (Å²) in [6, 6.07) is 13.8. The van der Waals surface area contributed by atoms with E-state index in [0.29, 0.717) is 74.8 Å². The van der Waals surface area contributed by atoms with Crippen molar-refractivity contribution >= 4 is 23.9 Å². The molecule has 3 rings (SSSR count). The van der Waals surface area contributed by atoms with E-state index in [0.717, 1.165) is 25.0 Å². The van der Waals surface area contributed by atoms with Crippen molar-refractivity contribution in [2.24, 2.45) is 0 Å². The molecule has 0 fully saturated rings. The third-order valence-electron chi connectivity index (χ3n) is 6.87. The van der Waals surface area contributed by atoms with Gasteiger partial charge in [-0.2, -0.15) is 8.78 Å². The quantitative estimate of drug-likeness (QED) is 0.0502. The number of esters is 4. The van der Waals surface area contributed by atoms with Gasteiger partial charge in [-0.1, -0.05) is 13.2 Å². The minimum absolute atomic E-state index is 0.0704. The lowest BCUT2D eigenvalue weighted by atomic mass is 10.2. The molecule has 0 radical (unpaired) electrons. The van der Waals surface area contributed by atoms with Gasteiger partial charge < -0.3 is 28.4 Å². The first-order valence-corrected chi connectivity index (χ1v) is 16.0. The first kappa shape index (κ1) is 38.9. The van der Waals surface area contributed by atoms with Crippen molar-refractivity contribution in [3.63, 3.8) is 0 Å². The topological polar surface area (TPSA) is 124 Å². The Morgan fingerprint density at radius 1 is 0.520 bits per heavy atom. The molecule has 266 valence electrons. The highest BCUT2D eigenvalue weighted by Gasteiger charge is 2.21. The lowest BCUT2D eigenvalue weighted by Gasteiger charge is -2.11. The molecule has 0 N–H and O–H groups in total. The molecule has 3 aromatic rings. The van der Waals surface area contributed by atoms with Crippen LogP contribution in [-0.4, -0.2) is 50.3 Å². The summed E-state index contributed by atoms with van der Waals surface area (Å²) in [5.74, 6) is -6.09. The van der Waals surface area contributed by atoms with Crippen LogP contribution in [0, 0.1) is 11.6 Å². The molecular weight excluding hydrogens is 654 g/mol. The molecule has 0 aliphatic carbocycles. The van der Waals surface area contributed by atoms with Gasteiger partial charge in [0.2, 0.25) is 11.6 Å². The van der Waals surface area contributed by atoms with Crippen LogP contribution in [0.15, 0.2) is 85.0 Å². The van der Waals surface area contributed by atoms with Crippen molar-refractivity contribution in [3.05, 3.63) is 108 Å². The zero-order valence-corrected chi connectivity index (χ0v) is 28.1. The van der Waals surface area contributed by atoms with E-state index >= 15 is 0 Å². The molecule has 0 aliphatic heterocycles. The first-order valence-electron chi connectivity index (χ1n) is 16.0. The smallest absolute Gasteiger partial charge is 0.343 e. The van der Waals surface area contributed by atoms with Crippen LogP contribution in [0.4, 0.5) is 8.78 Å². The molecule has 0 atom stereocenters. The Bertz CT molecular complexity index is 1530. The largest absolute Gasteiger partial charge is 0.494 e. The standard InChI is InChI=1S/C38H40F2O10/c1-25(2)35(41)47-23-9-5-7-21-45-29-15-11-27(12-16-29)37(43)49-31-19-20-32(34(40)33(31)39)50-38(44)28-13-17-30(18-14-28)46-22-8-6-10-24-48-36(42)26(3)4/h11-20H,1,3,5-10,21-24H2,2,4H3. The fourth-order valence-electron chi connectivity index (χ4n) is 4.08. The van der Waals surface area contributed by atoms with Gasteiger partial charge in [-0.15, -0.1) is 0 Å². The van der Waals surface area contributed by atoms with Crippen LogP contribution in [0.1, 0.15) is 73.1 Å². The number of hydrogen-bond donors (Lipinski definition) is 0. The summed E-state index contributed by atoms with van der Waals surface area (Å²) in [6.07, 6.45) is 4.34. The van der Waals surface area contributed by atoms with E-state index in [1.807, 2.05) is 0 Å². The molecule has 12 heteroatoms. The summed E-state index contributed by atoms with van der Waals surface area (Å²) in [5, 5.41) is 0. The second-order valence-corrected chi connectivity index (χ2v) is 11.2. The molecule has 50 heavy (non-hydrogen) atoms. The summed E-state index contributed by atoms with van der Waals surface area (Å²) in [6.45, 7) is 11.6. The van der Waals surface area contributed by atoms with Gasteiger partial charge in [0, 0.05) is 11.1 Å². The molecule has 0 spiro atoms. The molecule has 0 heterocycles. The summed E-state index contributed by atoms with van der Waals surface area (Å²) in [5.41, 5.74) is 0.841. The molecule has 0 amide bonds. The van der Waals surface area contributed by atoms with E-state index in [1.54, 1.807) is 38.1 Å². The predicted molar refractivity (Wildman–Crippen MR) is 179 cm³/mol. The lowest BCUT2D eigenvalue weighted by molar-refractivity contribution is -0.139. The van der Waals surface area contributed by atoms with Gasteiger partial charge in [-0.25, -0.2) is 19.2 Å². The van der Waals surface area contributed by atoms with E-state index in [4.69, 9.17) is 28.4 Å². The highest BCUT2D eigenvalue weighted by atomic mass is 19.2. The first-order chi connectivity index (χ1) is 24.0. The Hall–Kier alpha value is -5.52. The third kappa shape index (κ3) is 12.8. The lowest BCUT2D eigenvalue weighted by Crippen LogP contribution is -2.12. The van der Waals surface area contributed by atoms with Crippen molar-refractivity contribution in [1.29, 1.82) is 0 Å². The second kappa shape index (κ2) is 20.1. The summed E-state index contributed by atoms with van der Waals surface area (Å²) in [4.78, 5) is 47.8. The number of unbranched alkanes of at least 4 members (excludes halogenated alkanes) is 4. The summed E-state index contributed by atoms with van der Waals surface area (Å²) in [7, 11) is 0. The van der Waals surface area contributed by atoms with Gasteiger partial charge in [0.15, 0.2) is 11.5 Å². The van der Waals surface area contributed by atoms with Crippen LogP contribution < -0.4 is 18.9 Å². The average molecular weight is 695 g/mol. The molecule has 3 aromatic carbocycles. The molecule has 0 unspecified atom stereocenters. The molecule has 10 nitrogen and oxygen atoms in total. The number of carbonyl (C=O) groups is 4. The third-order valence-corrected chi connectivity index (χ3v) is 6.87. The Kier molecular flexibility index (Phi) is 15.6. The zero-order chi connectivity index (χ0) is 36.5. The van der Waals surface area contributed by atoms with Crippen molar-refractivity contribution in [1.82, 2.24) is 0 Å². The van der Waals surface area contributed by atoms with Gasteiger partial charge >= 0.3 is 23.9 Å². The molecule has 0 saturated carbocycles. The van der Waals surface area contributed by atoms with E-state index in [9.17, 15) is 28.0 Å². The number of carbonyl (C=O) groups excluding carboxylic acids is 4. The van der Waals surface area contributed by atoms with Gasteiger partial charge in [0.05, 0.1) is 37.6 Å². The maximum atomic E-state index is 14.8. The molecular formula is C38H40F2O10. The van der Waals surface area contributed by atoms with Crippen LogP contribution in [0.25, 0.3) is 0 Å². The van der Waals surface area contributed by atoms with Crippen LogP contribution in [0.3, 0.4) is 0 Å². The summed E-state index contributed by atoms with van der Waals surface area (Å²) < 4.78 is 61.0. The molecule has 0 aliphatic rings. The Labute approximate surface area is 289 Å². The van der Waals surface area contributed by atoms with E-state index in [2.05, 4.69) is 13.2 Å². The SMILES string of the molecule is C=C(C)C(=O)OCCCCCOc1ccc(C(=O)Oc2ccc(OC(=O)c3ccc(OCCCCCOC(=O)C(=C)C)cc3)c(F)c2F)cc1. The number of halogens is 2. The fraction of sp³-hybridized carbons (Fsp3) is 0.316. The molecule has 0 saturated heterocycles. The Morgan fingerprint density at radius 2 is 0.860 bits per heavy atom. The number of hydrogen-bond acceptors (Lipinski definition) is 10. The van der Waals surface area contributed by atoms with E-state index < -0.39 is 47.0 Å². The summed E-state index contributed by atoms with van der Waals surface area (Å²) >= 11 is 0. The van der Waals surface area contributed by atoms with Crippen LogP contribution >= 0.6 is 0 Å². The number of ether oxygens (including phenoxy) is 6. The van der Waals surface area contributed by atoms with Crippen molar-refractivity contribution in [2.75, 3.05) is 26.4 Å². The van der Waals surface area contributed by atoms with Crippen molar-refractivity contribution in [2.45, 2.75) is 52.4 Å². The average Bonchev–Trinajstić information content (AvgIpc) is 3.10. The normalized spacial score (nSPS) is 10.5. The maximum Gasteiger partial charge on any atom is 0.343 e. The highest BCUT2D eigenvalue weighted by molar-refractivity contribution is 5.92. The minimum atomic E-state index is -1.50. The maximum absolute atomic E-state index is 14.8. The van der Waals surface area contributed by atoms with Gasteiger partial charge in [0.25, 0.3) is 0 Å². The van der Waals surface area contributed by atoms with Crippen LogP contribution in [-0.2, 0) is 19.1 Å². The van der Waals surface area contributed by atoms with Gasteiger partial charge in [0.1, 0.15) is 11.5 Å². The Morgan fingerprint density at radius 3 is 1.20 bits per heavy atom. The fourth-order valence-corrected chi connectivity index (χ4v) is 4.08. The van der Waals surface area contributed by atoms with Gasteiger partial charge in [-0.05, 0) is 113 Å². The zero-order valence-electron chi connectivity index (χ0n) is 28.1. The van der Waals surface area contributed by atoms with Gasteiger partial charge in [-0.3, -0.25) is 0 Å². The van der Waals surface area contributed by atoms with E-state index in [-0.39, 0.29) is 11.1 Å². The highest BCUT2D eigenvalue weighted by Crippen LogP contribution is 2.29. The Balaban J connectivity index is 1.41. The number of benzene rings is 3. The molecule has 0 bridgehead atoms. The number of rotatable bonds is 20. The van der Waals surface area contributed by atoms with Crippen molar-refractivity contribution in [3.8, 4) is 23.0 Å². The van der Waals surface area contributed by atoms with Crippen LogP contribution in [0.2, 0.25) is 0 Å².